The summed E-state index contributed by atoms with van der Waals surface area (Å²) in [5, 5.41) is 4.01. The fourth-order valence-corrected chi connectivity index (χ4v) is 2.80. The molecule has 6 heteroatoms. The van der Waals surface area contributed by atoms with Crippen molar-refractivity contribution in [2.24, 2.45) is 11.7 Å². The van der Waals surface area contributed by atoms with Crippen molar-refractivity contribution in [2.45, 2.75) is 38.5 Å². The summed E-state index contributed by atoms with van der Waals surface area (Å²) in [5.74, 6) is 2.36. The highest BCUT2D eigenvalue weighted by molar-refractivity contribution is 5.41. The Hall–Kier alpha value is -1.82. The van der Waals surface area contributed by atoms with Gasteiger partial charge in [-0.3, -0.25) is 0 Å². The molecular weight excluding hydrogens is 254 g/mol. The lowest BCUT2D eigenvalue weighted by molar-refractivity contribution is 0.249. The van der Waals surface area contributed by atoms with Gasteiger partial charge in [-0.2, -0.15) is 4.98 Å². The third-order valence-electron chi connectivity index (χ3n) is 3.95. The average Bonchev–Trinajstić information content (AvgIpc) is 2.97. The number of hydrogen-bond acceptors (Lipinski definition) is 6. The zero-order valence-electron chi connectivity index (χ0n) is 11.6. The zero-order chi connectivity index (χ0) is 13.9. The quantitative estimate of drug-likeness (QED) is 0.920. The SMILES string of the molecule is Cc1cnc(-c2noc(C3CCCCC3CN)n2)nc1. The molecule has 0 amide bonds. The minimum atomic E-state index is 0.278. The second-order valence-corrected chi connectivity index (χ2v) is 5.43. The Bertz CT molecular complexity index is 565. The van der Waals surface area contributed by atoms with Crippen molar-refractivity contribution in [1.82, 2.24) is 20.1 Å². The molecule has 0 aromatic carbocycles. The molecule has 106 valence electrons. The summed E-state index contributed by atoms with van der Waals surface area (Å²) in [6.45, 7) is 2.61. The molecule has 2 aromatic rings. The molecule has 3 rings (SSSR count). The van der Waals surface area contributed by atoms with Crippen LogP contribution in [0, 0.1) is 12.8 Å². The number of aryl methyl sites for hydroxylation is 1. The molecule has 0 aliphatic heterocycles. The first-order chi connectivity index (χ1) is 9.78. The maximum absolute atomic E-state index is 5.85. The Morgan fingerprint density at radius 3 is 2.70 bits per heavy atom. The third-order valence-corrected chi connectivity index (χ3v) is 3.95. The van der Waals surface area contributed by atoms with Crippen LogP contribution in [-0.2, 0) is 0 Å². The first kappa shape index (κ1) is 13.2. The van der Waals surface area contributed by atoms with Crippen molar-refractivity contribution in [3.8, 4) is 11.6 Å². The minimum absolute atomic E-state index is 0.278. The normalized spacial score (nSPS) is 22.9. The predicted octanol–water partition coefficient (Wildman–Crippen LogP) is 2.07. The Morgan fingerprint density at radius 1 is 1.20 bits per heavy atom. The lowest BCUT2D eigenvalue weighted by Crippen LogP contribution is -2.25. The highest BCUT2D eigenvalue weighted by Crippen LogP contribution is 2.36. The molecule has 2 atom stereocenters. The van der Waals surface area contributed by atoms with Gasteiger partial charge in [0.25, 0.3) is 0 Å². The molecule has 2 aromatic heterocycles. The Kier molecular flexibility index (Phi) is 3.73. The van der Waals surface area contributed by atoms with E-state index in [0.29, 0.717) is 30.0 Å². The van der Waals surface area contributed by atoms with E-state index in [1.165, 1.54) is 12.8 Å². The molecule has 1 aliphatic carbocycles. The summed E-state index contributed by atoms with van der Waals surface area (Å²) >= 11 is 0. The van der Waals surface area contributed by atoms with Gasteiger partial charge in [-0.1, -0.05) is 18.0 Å². The largest absolute Gasteiger partial charge is 0.339 e. The van der Waals surface area contributed by atoms with E-state index in [1.807, 2.05) is 6.92 Å². The Labute approximate surface area is 117 Å². The number of rotatable bonds is 3. The van der Waals surface area contributed by atoms with E-state index in [2.05, 4.69) is 20.1 Å². The lowest BCUT2D eigenvalue weighted by Gasteiger charge is -2.27. The summed E-state index contributed by atoms with van der Waals surface area (Å²) in [6.07, 6.45) is 8.14. The Balaban J connectivity index is 1.84. The van der Waals surface area contributed by atoms with E-state index in [-0.39, 0.29) is 5.92 Å². The van der Waals surface area contributed by atoms with Crippen LogP contribution in [0.5, 0.6) is 0 Å². The molecule has 2 unspecified atom stereocenters. The fourth-order valence-electron chi connectivity index (χ4n) is 2.80. The van der Waals surface area contributed by atoms with Crippen LogP contribution in [0.3, 0.4) is 0 Å². The summed E-state index contributed by atoms with van der Waals surface area (Å²) in [4.78, 5) is 12.9. The molecule has 0 spiro atoms. The molecule has 1 saturated carbocycles. The lowest BCUT2D eigenvalue weighted by atomic mass is 9.79. The first-order valence-electron chi connectivity index (χ1n) is 7.10. The van der Waals surface area contributed by atoms with Gasteiger partial charge in [0.05, 0.1) is 0 Å². The maximum atomic E-state index is 5.85. The van der Waals surface area contributed by atoms with Crippen LogP contribution in [0.4, 0.5) is 0 Å². The highest BCUT2D eigenvalue weighted by atomic mass is 16.5. The summed E-state index contributed by atoms with van der Waals surface area (Å²) < 4.78 is 5.42. The van der Waals surface area contributed by atoms with Crippen LogP contribution < -0.4 is 5.73 Å². The number of hydrogen-bond donors (Lipinski definition) is 1. The monoisotopic (exact) mass is 273 g/mol. The summed E-state index contributed by atoms with van der Waals surface area (Å²) in [5.41, 5.74) is 6.86. The van der Waals surface area contributed by atoms with Crippen LogP contribution in [0.2, 0.25) is 0 Å². The molecule has 20 heavy (non-hydrogen) atoms. The van der Waals surface area contributed by atoms with Crippen molar-refractivity contribution < 1.29 is 4.52 Å². The van der Waals surface area contributed by atoms with Gasteiger partial charge >= 0.3 is 0 Å². The molecule has 0 bridgehead atoms. The van der Waals surface area contributed by atoms with Crippen molar-refractivity contribution in [3.05, 3.63) is 23.8 Å². The maximum Gasteiger partial charge on any atom is 0.240 e. The molecular formula is C14H19N5O. The van der Waals surface area contributed by atoms with Gasteiger partial charge in [-0.25, -0.2) is 9.97 Å². The van der Waals surface area contributed by atoms with E-state index >= 15 is 0 Å². The zero-order valence-corrected chi connectivity index (χ0v) is 11.6. The van der Waals surface area contributed by atoms with Gasteiger partial charge in [0, 0.05) is 18.3 Å². The van der Waals surface area contributed by atoms with Crippen LogP contribution >= 0.6 is 0 Å². The van der Waals surface area contributed by atoms with E-state index in [9.17, 15) is 0 Å². The van der Waals surface area contributed by atoms with Gasteiger partial charge in [0.15, 0.2) is 0 Å². The van der Waals surface area contributed by atoms with Gasteiger partial charge in [-0.15, -0.1) is 0 Å². The first-order valence-corrected chi connectivity index (χ1v) is 7.10. The van der Waals surface area contributed by atoms with Gasteiger partial charge < -0.3 is 10.3 Å². The number of nitrogens with zero attached hydrogens (tertiary/aromatic N) is 4. The Morgan fingerprint density at radius 2 is 1.95 bits per heavy atom. The standard InChI is InChI=1S/C14H19N5O/c1-9-7-16-12(17-8-9)13-18-14(20-19-13)11-5-3-2-4-10(11)6-15/h7-8,10-11H,2-6,15H2,1H3. The van der Waals surface area contributed by atoms with Crippen LogP contribution in [-0.4, -0.2) is 26.7 Å². The van der Waals surface area contributed by atoms with Crippen molar-refractivity contribution in [3.63, 3.8) is 0 Å². The van der Waals surface area contributed by atoms with Crippen molar-refractivity contribution in [2.75, 3.05) is 6.54 Å². The minimum Gasteiger partial charge on any atom is -0.339 e. The summed E-state index contributed by atoms with van der Waals surface area (Å²) in [7, 11) is 0. The second-order valence-electron chi connectivity index (χ2n) is 5.43. The summed E-state index contributed by atoms with van der Waals surface area (Å²) in [6, 6.07) is 0. The molecule has 1 aliphatic rings. The fraction of sp³-hybridized carbons (Fsp3) is 0.571. The van der Waals surface area contributed by atoms with Crippen LogP contribution in [0.25, 0.3) is 11.6 Å². The van der Waals surface area contributed by atoms with Crippen molar-refractivity contribution >= 4 is 0 Å². The van der Waals surface area contributed by atoms with E-state index in [0.717, 1.165) is 18.4 Å². The molecule has 1 fully saturated rings. The van der Waals surface area contributed by atoms with Crippen molar-refractivity contribution in [1.29, 1.82) is 0 Å². The smallest absolute Gasteiger partial charge is 0.240 e. The van der Waals surface area contributed by atoms with Crippen LogP contribution in [0.1, 0.15) is 43.1 Å². The molecule has 0 saturated heterocycles. The van der Waals surface area contributed by atoms with E-state index in [4.69, 9.17) is 10.3 Å². The highest BCUT2D eigenvalue weighted by Gasteiger charge is 2.30. The average molecular weight is 273 g/mol. The van der Waals surface area contributed by atoms with Gasteiger partial charge in [-0.05, 0) is 37.8 Å². The molecule has 0 radical (unpaired) electrons. The predicted molar refractivity (Wildman–Crippen MR) is 73.8 cm³/mol. The van der Waals surface area contributed by atoms with Gasteiger partial charge in [0.1, 0.15) is 0 Å². The topological polar surface area (TPSA) is 90.7 Å². The molecule has 6 nitrogen and oxygen atoms in total. The van der Waals surface area contributed by atoms with E-state index < -0.39 is 0 Å². The molecule has 2 N–H and O–H groups in total. The molecule has 2 heterocycles. The van der Waals surface area contributed by atoms with Gasteiger partial charge in [0.2, 0.25) is 17.5 Å². The van der Waals surface area contributed by atoms with Crippen LogP contribution in [0.15, 0.2) is 16.9 Å². The number of nitrogens with two attached hydrogens (primary N) is 1. The van der Waals surface area contributed by atoms with E-state index in [1.54, 1.807) is 12.4 Å². The second kappa shape index (κ2) is 5.66. The number of aromatic nitrogens is 4. The third kappa shape index (κ3) is 2.56.